The highest BCUT2D eigenvalue weighted by molar-refractivity contribution is 6.05. The van der Waals surface area contributed by atoms with E-state index in [-0.39, 0.29) is 11.8 Å². The summed E-state index contributed by atoms with van der Waals surface area (Å²) >= 11 is 0. The molecule has 25 heavy (non-hydrogen) atoms. The Hall–Kier alpha value is -2.95. The zero-order chi connectivity index (χ0) is 18.2. The van der Waals surface area contributed by atoms with Crippen LogP contribution in [0, 0.1) is 0 Å². The number of hydrogen-bond acceptors (Lipinski definition) is 3. The average molecular weight is 337 g/mol. The number of carbonyl (C=O) groups is 2. The highest BCUT2D eigenvalue weighted by Gasteiger charge is 2.13. The van der Waals surface area contributed by atoms with Crippen molar-refractivity contribution in [2.24, 2.45) is 0 Å². The molecule has 0 unspecified atom stereocenters. The van der Waals surface area contributed by atoms with Crippen LogP contribution in [-0.4, -0.2) is 23.8 Å². The second kappa shape index (κ2) is 8.78. The summed E-state index contributed by atoms with van der Waals surface area (Å²) in [7, 11) is 1.73. The third-order valence-corrected chi connectivity index (χ3v) is 3.88. The van der Waals surface area contributed by atoms with Gasteiger partial charge in [0.2, 0.25) is 5.91 Å². The Morgan fingerprint density at radius 2 is 1.76 bits per heavy atom. The van der Waals surface area contributed by atoms with Crippen LogP contribution >= 0.6 is 0 Å². The van der Waals surface area contributed by atoms with Gasteiger partial charge in [-0.3, -0.25) is 14.6 Å². The van der Waals surface area contributed by atoms with E-state index in [0.717, 1.165) is 23.2 Å². The summed E-state index contributed by atoms with van der Waals surface area (Å²) in [4.78, 5) is 29.8. The van der Waals surface area contributed by atoms with E-state index in [4.69, 9.17) is 0 Å². The van der Waals surface area contributed by atoms with Crippen LogP contribution in [0.15, 0.2) is 60.4 Å². The number of benzene rings is 1. The highest BCUT2D eigenvalue weighted by Crippen LogP contribution is 2.16. The van der Waals surface area contributed by atoms with Crippen molar-refractivity contribution in [3.05, 3.63) is 71.6 Å². The molecule has 1 N–H and O–H groups in total. The van der Waals surface area contributed by atoms with E-state index in [0.29, 0.717) is 12.1 Å². The molecule has 2 rings (SSSR count). The molecule has 0 atom stereocenters. The quantitative estimate of drug-likeness (QED) is 0.823. The van der Waals surface area contributed by atoms with E-state index in [9.17, 15) is 9.59 Å². The summed E-state index contributed by atoms with van der Waals surface area (Å²) in [5.74, 6) is -0.153. The molecule has 2 aromatic rings. The lowest BCUT2D eigenvalue weighted by Crippen LogP contribution is -2.26. The molecule has 2 amide bonds. The van der Waals surface area contributed by atoms with Crippen molar-refractivity contribution in [3.8, 4) is 0 Å². The first-order chi connectivity index (χ1) is 12.0. The molecule has 0 saturated carbocycles. The molecule has 0 aliphatic carbocycles. The Bertz CT molecular complexity index is 752. The minimum Gasteiger partial charge on any atom is -0.348 e. The molecule has 0 saturated heterocycles. The fraction of sp³-hybridized carbons (Fsp3) is 0.250. The third kappa shape index (κ3) is 5.01. The number of hydrogen-bond donors (Lipinski definition) is 1. The Kier molecular flexibility index (Phi) is 6.46. The normalized spacial score (nSPS) is 11.1. The number of aromatic nitrogens is 1. The molecule has 0 fully saturated rings. The predicted molar refractivity (Wildman–Crippen MR) is 99.3 cm³/mol. The molecule has 130 valence electrons. The van der Waals surface area contributed by atoms with Crippen molar-refractivity contribution in [2.75, 3.05) is 11.9 Å². The molecule has 5 heteroatoms. The number of nitrogens with zero attached hydrogens (tertiary/aromatic N) is 2. The van der Waals surface area contributed by atoms with Crippen LogP contribution in [-0.2, 0) is 11.3 Å². The van der Waals surface area contributed by atoms with Crippen LogP contribution in [0.3, 0.4) is 0 Å². The molecule has 5 nitrogen and oxygen atoms in total. The summed E-state index contributed by atoms with van der Waals surface area (Å²) in [6, 6.07) is 10.9. The van der Waals surface area contributed by atoms with E-state index in [1.807, 2.05) is 44.2 Å². The lowest BCUT2D eigenvalue weighted by molar-refractivity contribution is -0.117. The Morgan fingerprint density at radius 3 is 2.36 bits per heavy atom. The largest absolute Gasteiger partial charge is 0.348 e. The van der Waals surface area contributed by atoms with E-state index >= 15 is 0 Å². The third-order valence-electron chi connectivity index (χ3n) is 3.88. The van der Waals surface area contributed by atoms with Crippen LogP contribution in [0.4, 0.5) is 5.69 Å². The maximum Gasteiger partial charge on any atom is 0.258 e. The molecular weight excluding hydrogens is 314 g/mol. The first-order valence-corrected chi connectivity index (χ1v) is 8.25. The maximum atomic E-state index is 12.4. The molecule has 0 spiro atoms. The molecule has 0 radical (unpaired) electrons. The number of rotatable bonds is 6. The Balaban J connectivity index is 1.99. The fourth-order valence-corrected chi connectivity index (χ4v) is 2.36. The first kappa shape index (κ1) is 18.4. The van der Waals surface area contributed by atoms with Gasteiger partial charge in [-0.1, -0.05) is 25.1 Å². The van der Waals surface area contributed by atoms with Crippen molar-refractivity contribution in [2.45, 2.75) is 26.8 Å². The summed E-state index contributed by atoms with van der Waals surface area (Å²) in [5.41, 5.74) is 3.08. The number of pyridine rings is 1. The number of allylic oxidation sites excluding steroid dienone is 1. The van der Waals surface area contributed by atoms with E-state index in [1.165, 1.54) is 0 Å². The minimum absolute atomic E-state index is 0.0593. The molecule has 0 aliphatic rings. The van der Waals surface area contributed by atoms with Crippen LogP contribution in [0.5, 0.6) is 0 Å². The first-order valence-electron chi connectivity index (χ1n) is 8.25. The topological polar surface area (TPSA) is 62.3 Å². The highest BCUT2D eigenvalue weighted by atomic mass is 16.2. The number of anilines is 1. The fourth-order valence-electron chi connectivity index (χ4n) is 2.36. The van der Waals surface area contributed by atoms with Crippen LogP contribution in [0.2, 0.25) is 0 Å². The Labute approximate surface area is 148 Å². The van der Waals surface area contributed by atoms with E-state index in [2.05, 4.69) is 10.3 Å². The number of nitrogens with one attached hydrogen (secondary N) is 1. The van der Waals surface area contributed by atoms with Gasteiger partial charge in [-0.15, -0.1) is 0 Å². The van der Waals surface area contributed by atoms with Gasteiger partial charge >= 0.3 is 0 Å². The summed E-state index contributed by atoms with van der Waals surface area (Å²) in [5, 5.41) is 2.89. The second-order valence-corrected chi connectivity index (χ2v) is 5.74. The zero-order valence-corrected chi connectivity index (χ0v) is 14.8. The standard InChI is InChI=1S/C20H23N3O2/c1-4-5-15(2)19(24)22-14-16-6-8-18(9-7-16)23(3)20(25)17-10-12-21-13-11-17/h5-13H,4,14H2,1-3H3,(H,22,24)/b15-5+. The van der Waals surface area contributed by atoms with Crippen molar-refractivity contribution in [1.82, 2.24) is 10.3 Å². The van der Waals surface area contributed by atoms with E-state index < -0.39 is 0 Å². The SMILES string of the molecule is CC/C=C(\C)C(=O)NCc1ccc(N(C)C(=O)c2ccncc2)cc1. The monoisotopic (exact) mass is 337 g/mol. The molecule has 1 aromatic carbocycles. The van der Waals surface area contributed by atoms with Crippen molar-refractivity contribution in [3.63, 3.8) is 0 Å². The summed E-state index contributed by atoms with van der Waals surface area (Å²) < 4.78 is 0. The van der Waals surface area contributed by atoms with Gasteiger partial charge in [0.1, 0.15) is 0 Å². The maximum absolute atomic E-state index is 12.4. The van der Waals surface area contributed by atoms with Crippen molar-refractivity contribution >= 4 is 17.5 Å². The van der Waals surface area contributed by atoms with Gasteiger partial charge in [-0.2, -0.15) is 0 Å². The second-order valence-electron chi connectivity index (χ2n) is 5.74. The molecule has 0 aliphatic heterocycles. The lowest BCUT2D eigenvalue weighted by atomic mass is 10.1. The molecule has 1 aromatic heterocycles. The molecule has 1 heterocycles. The molecule has 0 bridgehead atoms. The van der Waals surface area contributed by atoms with Gasteiger partial charge in [-0.25, -0.2) is 0 Å². The zero-order valence-electron chi connectivity index (χ0n) is 14.8. The van der Waals surface area contributed by atoms with Gasteiger partial charge in [0.05, 0.1) is 0 Å². The van der Waals surface area contributed by atoms with Gasteiger partial charge in [0.15, 0.2) is 0 Å². The Morgan fingerprint density at radius 1 is 1.12 bits per heavy atom. The van der Waals surface area contributed by atoms with Gasteiger partial charge in [0, 0.05) is 42.8 Å². The van der Waals surface area contributed by atoms with E-state index in [1.54, 1.807) is 36.5 Å². The van der Waals surface area contributed by atoms with Gasteiger partial charge < -0.3 is 10.2 Å². The predicted octanol–water partition coefficient (Wildman–Crippen LogP) is 3.33. The smallest absolute Gasteiger partial charge is 0.258 e. The average Bonchev–Trinajstić information content (AvgIpc) is 2.66. The lowest BCUT2D eigenvalue weighted by Gasteiger charge is -2.17. The summed E-state index contributed by atoms with van der Waals surface area (Å²) in [6.07, 6.45) is 5.94. The van der Waals surface area contributed by atoms with Crippen LogP contribution in [0.1, 0.15) is 36.2 Å². The van der Waals surface area contributed by atoms with Crippen molar-refractivity contribution < 1.29 is 9.59 Å². The van der Waals surface area contributed by atoms with Crippen molar-refractivity contribution in [1.29, 1.82) is 0 Å². The summed E-state index contributed by atoms with van der Waals surface area (Å²) in [6.45, 7) is 4.26. The van der Waals surface area contributed by atoms with Gasteiger partial charge in [0.25, 0.3) is 5.91 Å². The van der Waals surface area contributed by atoms with Gasteiger partial charge in [-0.05, 0) is 43.2 Å². The number of carbonyl (C=O) groups excluding carboxylic acids is 2. The molecular formula is C20H23N3O2. The van der Waals surface area contributed by atoms with Crippen LogP contribution in [0.25, 0.3) is 0 Å². The number of amides is 2. The minimum atomic E-state index is -0.0937. The van der Waals surface area contributed by atoms with Crippen LogP contribution < -0.4 is 10.2 Å².